The number of allylic oxidation sites excluding steroid dienone is 4. The highest BCUT2D eigenvalue weighted by atomic mass is 16.5. The van der Waals surface area contributed by atoms with Crippen molar-refractivity contribution >= 4 is 11.9 Å². The van der Waals surface area contributed by atoms with Gasteiger partial charge in [-0.3, -0.25) is 9.59 Å². The molecule has 3 unspecified atom stereocenters. The van der Waals surface area contributed by atoms with E-state index in [2.05, 4.69) is 50.4 Å². The molecular weight excluding hydrogens is 659 g/mol. The van der Waals surface area contributed by atoms with Crippen LogP contribution in [-0.2, 0) is 14.3 Å². The average Bonchev–Trinajstić information content (AvgIpc) is 3.15. The van der Waals surface area contributed by atoms with Gasteiger partial charge in [-0.25, -0.2) is 0 Å². The lowest BCUT2D eigenvalue weighted by molar-refractivity contribution is -0.151. The van der Waals surface area contributed by atoms with Gasteiger partial charge in [0, 0.05) is 6.42 Å². The minimum Gasteiger partial charge on any atom is -0.462 e. The highest BCUT2D eigenvalue weighted by Crippen LogP contribution is 2.17. The maximum Gasteiger partial charge on any atom is 0.306 e. The summed E-state index contributed by atoms with van der Waals surface area (Å²) < 4.78 is 5.87. The number of esters is 1. The molecule has 1 amide bonds. The molecule has 3 atom stereocenters. The van der Waals surface area contributed by atoms with Gasteiger partial charge in [0.05, 0.1) is 25.2 Å². The monoisotopic (exact) mass is 748 g/mol. The summed E-state index contributed by atoms with van der Waals surface area (Å²) in [6, 6.07) is -0.696. The van der Waals surface area contributed by atoms with Gasteiger partial charge in [0.2, 0.25) is 5.91 Å². The van der Waals surface area contributed by atoms with Gasteiger partial charge < -0.3 is 20.3 Å². The third kappa shape index (κ3) is 37.1. The van der Waals surface area contributed by atoms with Gasteiger partial charge in [-0.15, -0.1) is 0 Å². The molecule has 6 heteroatoms. The van der Waals surface area contributed by atoms with Crippen LogP contribution in [0.4, 0.5) is 0 Å². The second-order valence-corrected chi connectivity index (χ2v) is 15.8. The number of hydrogen-bond donors (Lipinski definition) is 3. The van der Waals surface area contributed by atoms with Crippen LogP contribution in [-0.4, -0.2) is 46.9 Å². The van der Waals surface area contributed by atoms with E-state index in [0.29, 0.717) is 19.3 Å². The van der Waals surface area contributed by atoms with Gasteiger partial charge in [-0.05, 0) is 51.4 Å². The number of ether oxygens (including phenoxy) is 1. The van der Waals surface area contributed by atoms with Crippen molar-refractivity contribution in [3.63, 3.8) is 0 Å². The molecule has 0 saturated carbocycles. The van der Waals surface area contributed by atoms with E-state index in [1.54, 1.807) is 0 Å². The molecule has 0 spiro atoms. The standard InChI is InChI=1S/C47H89NO5/c1-4-7-10-13-16-18-20-22-23-24-26-28-31-34-37-40-47(52)53-43(38-35-32-29-15-12-9-6-3)41-46(51)48-44(42-49)45(50)39-36-33-30-27-25-21-19-17-14-11-8-5-2/h16,18,20,22,43-45,49-50H,4-15,17,19,21,23-42H2,1-3H3,(H,48,51)/b18-16+,22-20+. The second kappa shape index (κ2) is 41.5. The zero-order chi connectivity index (χ0) is 38.9. The van der Waals surface area contributed by atoms with Crippen molar-refractivity contribution < 1.29 is 24.5 Å². The molecule has 0 aromatic rings. The Kier molecular flexibility index (Phi) is 40.2. The number of nitrogens with one attached hydrogen (secondary N) is 1. The minimum absolute atomic E-state index is 0.0759. The first-order valence-corrected chi connectivity index (χ1v) is 23.1. The molecule has 0 aliphatic carbocycles. The predicted molar refractivity (Wildman–Crippen MR) is 227 cm³/mol. The van der Waals surface area contributed by atoms with E-state index in [0.717, 1.165) is 57.8 Å². The van der Waals surface area contributed by atoms with Crippen molar-refractivity contribution in [2.24, 2.45) is 0 Å². The van der Waals surface area contributed by atoms with Gasteiger partial charge in [0.15, 0.2) is 0 Å². The lowest BCUT2D eigenvalue weighted by Gasteiger charge is -2.24. The number of hydrogen-bond acceptors (Lipinski definition) is 5. The van der Waals surface area contributed by atoms with Gasteiger partial charge in [-0.2, -0.15) is 0 Å². The van der Waals surface area contributed by atoms with Gasteiger partial charge >= 0.3 is 5.97 Å². The van der Waals surface area contributed by atoms with Crippen LogP contribution in [0.25, 0.3) is 0 Å². The van der Waals surface area contributed by atoms with Crippen LogP contribution < -0.4 is 5.32 Å². The first-order chi connectivity index (χ1) is 26.0. The van der Waals surface area contributed by atoms with Gasteiger partial charge in [-0.1, -0.05) is 199 Å². The van der Waals surface area contributed by atoms with Gasteiger partial charge in [0.25, 0.3) is 0 Å². The summed E-state index contributed by atoms with van der Waals surface area (Å²) in [7, 11) is 0. The van der Waals surface area contributed by atoms with E-state index in [1.807, 2.05) is 0 Å². The maximum atomic E-state index is 13.1. The lowest BCUT2D eigenvalue weighted by atomic mass is 10.0. The van der Waals surface area contributed by atoms with E-state index in [1.165, 1.54) is 135 Å². The molecule has 0 fully saturated rings. The molecule has 0 aliphatic heterocycles. The Morgan fingerprint density at radius 3 is 1.43 bits per heavy atom. The number of carbonyl (C=O) groups is 2. The van der Waals surface area contributed by atoms with Crippen LogP contribution in [0, 0.1) is 0 Å². The molecule has 0 aliphatic rings. The Morgan fingerprint density at radius 2 is 0.943 bits per heavy atom. The number of aliphatic hydroxyl groups excluding tert-OH is 2. The third-order valence-electron chi connectivity index (χ3n) is 10.6. The number of aliphatic hydroxyl groups is 2. The van der Waals surface area contributed by atoms with Gasteiger partial charge in [0.1, 0.15) is 6.10 Å². The Hall–Kier alpha value is -1.66. The van der Waals surface area contributed by atoms with E-state index < -0.39 is 18.2 Å². The summed E-state index contributed by atoms with van der Waals surface area (Å²) >= 11 is 0. The molecule has 0 heterocycles. The van der Waals surface area contributed by atoms with Crippen molar-refractivity contribution in [3.8, 4) is 0 Å². The SMILES string of the molecule is CCCCC/C=C/C=C/CCCCCCCCC(=O)OC(CCCCCCCCC)CC(=O)NC(CO)C(O)CCCCCCCCCCCCCC. The van der Waals surface area contributed by atoms with Crippen LogP contribution in [0.1, 0.15) is 239 Å². The van der Waals surface area contributed by atoms with Crippen molar-refractivity contribution in [1.82, 2.24) is 5.32 Å². The lowest BCUT2D eigenvalue weighted by Crippen LogP contribution is -2.46. The third-order valence-corrected chi connectivity index (χ3v) is 10.6. The minimum atomic E-state index is -0.782. The van der Waals surface area contributed by atoms with Crippen LogP contribution in [0.15, 0.2) is 24.3 Å². The van der Waals surface area contributed by atoms with Crippen molar-refractivity contribution in [2.75, 3.05) is 6.61 Å². The van der Waals surface area contributed by atoms with Crippen molar-refractivity contribution in [1.29, 1.82) is 0 Å². The quantitative estimate of drug-likeness (QED) is 0.0329. The summed E-state index contributed by atoms with van der Waals surface area (Å²) in [5.41, 5.74) is 0. The number of carbonyl (C=O) groups excluding carboxylic acids is 2. The fraction of sp³-hybridized carbons (Fsp3) is 0.872. The van der Waals surface area contributed by atoms with E-state index in [-0.39, 0.29) is 24.9 Å². The molecule has 0 aromatic heterocycles. The summed E-state index contributed by atoms with van der Waals surface area (Å²) in [6.07, 6.45) is 45.3. The Balaban J connectivity index is 4.43. The first-order valence-electron chi connectivity index (χ1n) is 23.1. The van der Waals surface area contributed by atoms with Crippen molar-refractivity contribution in [3.05, 3.63) is 24.3 Å². The molecule has 0 saturated heterocycles. The summed E-state index contributed by atoms with van der Waals surface area (Å²) in [6.45, 7) is 6.41. The molecule has 0 bridgehead atoms. The number of rotatable bonds is 41. The Bertz CT molecular complexity index is 843. The molecule has 0 radical (unpaired) electrons. The predicted octanol–water partition coefficient (Wildman–Crippen LogP) is 13.2. The summed E-state index contributed by atoms with van der Waals surface area (Å²) in [5.74, 6) is -0.485. The van der Waals surface area contributed by atoms with Crippen LogP contribution >= 0.6 is 0 Å². The number of amides is 1. The van der Waals surface area contributed by atoms with Crippen LogP contribution in [0.3, 0.4) is 0 Å². The highest BCUT2D eigenvalue weighted by Gasteiger charge is 2.24. The van der Waals surface area contributed by atoms with Crippen LogP contribution in [0.2, 0.25) is 0 Å². The normalized spacial score (nSPS) is 13.5. The summed E-state index contributed by atoms with van der Waals surface area (Å²) in [4.78, 5) is 25.9. The van der Waals surface area contributed by atoms with E-state index in [9.17, 15) is 19.8 Å². The topological polar surface area (TPSA) is 95.9 Å². The van der Waals surface area contributed by atoms with E-state index >= 15 is 0 Å². The fourth-order valence-electron chi connectivity index (χ4n) is 7.01. The number of unbranched alkanes of at least 4 members (excludes halogenated alkanes) is 26. The molecule has 6 nitrogen and oxygen atoms in total. The fourth-order valence-corrected chi connectivity index (χ4v) is 7.01. The molecule has 0 rings (SSSR count). The highest BCUT2D eigenvalue weighted by molar-refractivity contribution is 5.77. The first kappa shape index (κ1) is 51.3. The molecule has 53 heavy (non-hydrogen) atoms. The Morgan fingerprint density at radius 1 is 0.547 bits per heavy atom. The smallest absolute Gasteiger partial charge is 0.306 e. The second-order valence-electron chi connectivity index (χ2n) is 15.8. The summed E-state index contributed by atoms with van der Waals surface area (Å²) in [5, 5.41) is 23.6. The zero-order valence-electron chi connectivity index (χ0n) is 35.4. The largest absolute Gasteiger partial charge is 0.462 e. The Labute approximate surface area is 329 Å². The molecule has 3 N–H and O–H groups in total. The molecule has 312 valence electrons. The molecular formula is C47H89NO5. The van der Waals surface area contributed by atoms with Crippen LogP contribution in [0.5, 0.6) is 0 Å². The maximum absolute atomic E-state index is 13.1. The average molecular weight is 748 g/mol. The zero-order valence-corrected chi connectivity index (χ0v) is 35.4. The van der Waals surface area contributed by atoms with E-state index in [4.69, 9.17) is 4.74 Å². The molecule has 0 aromatic carbocycles. The van der Waals surface area contributed by atoms with Crippen molar-refractivity contribution in [2.45, 2.75) is 257 Å².